The average Bonchev–Trinajstić information content (AvgIpc) is 2.78. The van der Waals surface area contributed by atoms with Gasteiger partial charge in [0.05, 0.1) is 5.92 Å². The van der Waals surface area contributed by atoms with E-state index >= 15 is 0 Å². The zero-order chi connectivity index (χ0) is 17.2. The molecule has 0 unspecified atom stereocenters. The van der Waals surface area contributed by atoms with E-state index in [2.05, 4.69) is 4.90 Å². The van der Waals surface area contributed by atoms with Crippen molar-refractivity contribution in [3.05, 3.63) is 0 Å². The summed E-state index contributed by atoms with van der Waals surface area (Å²) in [7, 11) is 0. The predicted molar refractivity (Wildman–Crippen MR) is 96.3 cm³/mol. The molecule has 0 aromatic heterocycles. The van der Waals surface area contributed by atoms with Gasteiger partial charge in [-0.1, -0.05) is 6.42 Å². The van der Waals surface area contributed by atoms with Gasteiger partial charge < -0.3 is 14.7 Å². The summed E-state index contributed by atoms with van der Waals surface area (Å²) in [5.74, 6) is 0.316. The first-order valence-corrected chi connectivity index (χ1v) is 10.3. The molecule has 0 aromatic carbocycles. The Labute approximate surface area is 151 Å². The predicted octanol–water partition coefficient (Wildman–Crippen LogP) is 1.61. The molecule has 0 spiro atoms. The van der Waals surface area contributed by atoms with Gasteiger partial charge in [-0.15, -0.1) is 0 Å². The van der Waals surface area contributed by atoms with Gasteiger partial charge in [-0.3, -0.25) is 9.69 Å². The van der Waals surface area contributed by atoms with Crippen molar-refractivity contribution in [3.63, 3.8) is 0 Å². The van der Waals surface area contributed by atoms with Crippen LogP contribution in [0.5, 0.6) is 0 Å². The molecule has 0 aromatic rings. The first-order chi connectivity index (χ1) is 12.2. The molecule has 0 radical (unpaired) electrons. The molecule has 4 fully saturated rings. The number of hydrogen-bond acceptors (Lipinski definition) is 3. The van der Waals surface area contributed by atoms with E-state index in [1.807, 2.05) is 14.7 Å². The molecule has 140 valence electrons. The highest BCUT2D eigenvalue weighted by molar-refractivity contribution is 5.84. The van der Waals surface area contributed by atoms with Crippen molar-refractivity contribution in [2.24, 2.45) is 5.92 Å². The maximum Gasteiger partial charge on any atom is 0.320 e. The highest BCUT2D eigenvalue weighted by Gasteiger charge is 2.40. The summed E-state index contributed by atoms with van der Waals surface area (Å²) in [5, 5.41) is 0. The lowest BCUT2D eigenvalue weighted by molar-refractivity contribution is -0.140. The van der Waals surface area contributed by atoms with Crippen LogP contribution in [0.2, 0.25) is 0 Å². The average molecular weight is 348 g/mol. The molecule has 25 heavy (non-hydrogen) atoms. The molecule has 1 aliphatic carbocycles. The molecule has 0 bridgehead atoms. The molecule has 3 heterocycles. The van der Waals surface area contributed by atoms with E-state index in [4.69, 9.17) is 0 Å². The van der Waals surface area contributed by atoms with Gasteiger partial charge in [-0.05, 0) is 38.5 Å². The van der Waals surface area contributed by atoms with Crippen molar-refractivity contribution < 1.29 is 9.59 Å². The number of nitrogens with zero attached hydrogens (tertiary/aromatic N) is 4. The fourth-order valence-corrected chi connectivity index (χ4v) is 4.61. The van der Waals surface area contributed by atoms with Crippen LogP contribution in [0.15, 0.2) is 0 Å². The van der Waals surface area contributed by atoms with E-state index in [0.717, 1.165) is 64.6 Å². The van der Waals surface area contributed by atoms with Crippen LogP contribution in [-0.4, -0.2) is 89.9 Å². The minimum atomic E-state index is 0.0421. The van der Waals surface area contributed by atoms with Gasteiger partial charge >= 0.3 is 6.03 Å². The smallest absolute Gasteiger partial charge is 0.320 e. The summed E-state index contributed by atoms with van der Waals surface area (Å²) >= 11 is 0. The van der Waals surface area contributed by atoms with Crippen LogP contribution in [0, 0.1) is 5.92 Å². The standard InChI is InChI=1S/C19H32N4O2/c24-18(21-8-2-1-3-9-21)16-14-23(15-16)19(25)22-11-5-10-20(12-13-22)17-6-4-7-17/h16-17H,1-15H2. The van der Waals surface area contributed by atoms with Crippen LogP contribution < -0.4 is 0 Å². The van der Waals surface area contributed by atoms with Gasteiger partial charge in [0.15, 0.2) is 0 Å². The van der Waals surface area contributed by atoms with Gasteiger partial charge in [0.2, 0.25) is 5.91 Å². The van der Waals surface area contributed by atoms with Crippen molar-refractivity contribution in [1.29, 1.82) is 0 Å². The normalized spacial score (nSPS) is 26.8. The Morgan fingerprint density at radius 1 is 0.640 bits per heavy atom. The number of carbonyl (C=O) groups is 2. The molecule has 3 saturated heterocycles. The Kier molecular flexibility index (Phi) is 5.15. The number of likely N-dealkylation sites (tertiary alicyclic amines) is 2. The first kappa shape index (κ1) is 17.1. The Bertz CT molecular complexity index is 496. The van der Waals surface area contributed by atoms with E-state index in [1.165, 1.54) is 25.7 Å². The number of piperidine rings is 1. The number of amides is 3. The summed E-state index contributed by atoms with van der Waals surface area (Å²) in [6.45, 7) is 6.91. The van der Waals surface area contributed by atoms with Crippen LogP contribution in [-0.2, 0) is 4.79 Å². The largest absolute Gasteiger partial charge is 0.342 e. The minimum Gasteiger partial charge on any atom is -0.342 e. The second-order valence-electron chi connectivity index (χ2n) is 8.23. The Morgan fingerprint density at radius 3 is 2.04 bits per heavy atom. The lowest BCUT2D eigenvalue weighted by atomic mass is 9.91. The summed E-state index contributed by atoms with van der Waals surface area (Å²) in [4.78, 5) is 33.7. The highest BCUT2D eigenvalue weighted by atomic mass is 16.2. The maximum absolute atomic E-state index is 12.7. The van der Waals surface area contributed by atoms with Crippen molar-refractivity contribution in [2.75, 3.05) is 52.4 Å². The van der Waals surface area contributed by atoms with Crippen LogP contribution in [0.3, 0.4) is 0 Å². The van der Waals surface area contributed by atoms with Gasteiger partial charge in [-0.2, -0.15) is 0 Å². The molecule has 1 saturated carbocycles. The van der Waals surface area contributed by atoms with E-state index in [1.54, 1.807) is 0 Å². The topological polar surface area (TPSA) is 47.1 Å². The van der Waals surface area contributed by atoms with Gasteiger partial charge in [-0.25, -0.2) is 4.79 Å². The molecule has 6 heteroatoms. The van der Waals surface area contributed by atoms with Gasteiger partial charge in [0, 0.05) is 58.4 Å². The Balaban J connectivity index is 1.23. The molecular formula is C19H32N4O2. The van der Waals surface area contributed by atoms with Crippen LogP contribution >= 0.6 is 0 Å². The summed E-state index contributed by atoms with van der Waals surface area (Å²) in [5.41, 5.74) is 0. The van der Waals surface area contributed by atoms with Crippen molar-refractivity contribution in [3.8, 4) is 0 Å². The molecule has 6 nitrogen and oxygen atoms in total. The molecule has 3 amide bonds. The second kappa shape index (κ2) is 7.52. The van der Waals surface area contributed by atoms with E-state index in [9.17, 15) is 9.59 Å². The zero-order valence-electron chi connectivity index (χ0n) is 15.4. The number of rotatable bonds is 2. The summed E-state index contributed by atoms with van der Waals surface area (Å²) in [6.07, 6.45) is 8.61. The Morgan fingerprint density at radius 2 is 1.36 bits per heavy atom. The van der Waals surface area contributed by atoms with Crippen LogP contribution in [0.1, 0.15) is 44.9 Å². The highest BCUT2D eigenvalue weighted by Crippen LogP contribution is 2.26. The fourth-order valence-electron chi connectivity index (χ4n) is 4.61. The number of hydrogen-bond donors (Lipinski definition) is 0. The summed E-state index contributed by atoms with van der Waals surface area (Å²) in [6, 6.07) is 0.920. The van der Waals surface area contributed by atoms with Crippen LogP contribution in [0.25, 0.3) is 0 Å². The zero-order valence-corrected chi connectivity index (χ0v) is 15.4. The Hall–Kier alpha value is -1.30. The first-order valence-electron chi connectivity index (χ1n) is 10.3. The maximum atomic E-state index is 12.7. The van der Waals surface area contributed by atoms with E-state index in [-0.39, 0.29) is 17.9 Å². The summed E-state index contributed by atoms with van der Waals surface area (Å²) < 4.78 is 0. The molecule has 4 rings (SSSR count). The molecule has 0 atom stereocenters. The second-order valence-corrected chi connectivity index (χ2v) is 8.23. The van der Waals surface area contributed by atoms with Crippen molar-refractivity contribution in [1.82, 2.24) is 19.6 Å². The number of carbonyl (C=O) groups excluding carboxylic acids is 2. The van der Waals surface area contributed by atoms with E-state index < -0.39 is 0 Å². The van der Waals surface area contributed by atoms with Crippen molar-refractivity contribution >= 4 is 11.9 Å². The van der Waals surface area contributed by atoms with Crippen LogP contribution in [0.4, 0.5) is 4.79 Å². The minimum absolute atomic E-state index is 0.0421. The van der Waals surface area contributed by atoms with Crippen molar-refractivity contribution in [2.45, 2.75) is 51.0 Å². The van der Waals surface area contributed by atoms with Gasteiger partial charge in [0.1, 0.15) is 0 Å². The third-order valence-corrected chi connectivity index (χ3v) is 6.56. The van der Waals surface area contributed by atoms with E-state index in [0.29, 0.717) is 13.1 Å². The molecule has 0 N–H and O–H groups in total. The molecule has 3 aliphatic heterocycles. The van der Waals surface area contributed by atoms with Gasteiger partial charge in [0.25, 0.3) is 0 Å². The fraction of sp³-hybridized carbons (Fsp3) is 0.895. The molecular weight excluding hydrogens is 316 g/mol. The quantitative estimate of drug-likeness (QED) is 0.762. The third-order valence-electron chi connectivity index (χ3n) is 6.56. The molecule has 4 aliphatic rings. The third kappa shape index (κ3) is 3.64. The number of urea groups is 1. The lowest BCUT2D eigenvalue weighted by Crippen LogP contribution is -2.60. The lowest BCUT2D eigenvalue weighted by Gasteiger charge is -2.43. The SMILES string of the molecule is O=C(C1CN(C(=O)N2CCCN(C3CCC3)CC2)C1)N1CCCCC1. The monoisotopic (exact) mass is 348 g/mol.